The molecule has 0 N–H and O–H groups in total. The molecule has 0 spiro atoms. The highest BCUT2D eigenvalue weighted by Gasteiger charge is 2.25. The van der Waals surface area contributed by atoms with Crippen LogP contribution in [0.4, 0.5) is 4.79 Å². The molecular weight excluding hydrogens is 238 g/mol. The zero-order valence-electron chi connectivity index (χ0n) is 10.2. The first-order valence-corrected chi connectivity index (χ1v) is 5.82. The van der Waals surface area contributed by atoms with Gasteiger partial charge in [-0.3, -0.25) is 4.79 Å². The van der Waals surface area contributed by atoms with Gasteiger partial charge in [-0.05, 0) is 6.92 Å². The summed E-state index contributed by atoms with van der Waals surface area (Å²) in [6.45, 7) is 4.07. The maximum atomic E-state index is 12.0. The molecule has 0 unspecified atom stereocenters. The van der Waals surface area contributed by atoms with Crippen LogP contribution in [0.1, 0.15) is 17.3 Å². The Kier molecular flexibility index (Phi) is 3.81. The van der Waals surface area contributed by atoms with Gasteiger partial charge in [0.2, 0.25) is 0 Å². The fraction of sp³-hybridized carbons (Fsp3) is 0.545. The van der Waals surface area contributed by atoms with E-state index in [1.165, 1.54) is 12.5 Å². The second-order valence-corrected chi connectivity index (χ2v) is 3.89. The Bertz CT molecular complexity index is 410. The van der Waals surface area contributed by atoms with Gasteiger partial charge in [0.05, 0.1) is 18.4 Å². The Hall–Kier alpha value is -2.05. The number of hydrogen-bond donors (Lipinski definition) is 0. The first-order valence-electron chi connectivity index (χ1n) is 5.82. The van der Waals surface area contributed by atoms with Crippen molar-refractivity contribution in [1.29, 1.82) is 0 Å². The van der Waals surface area contributed by atoms with Crippen molar-refractivity contribution in [2.45, 2.75) is 6.92 Å². The normalized spacial score (nSPS) is 15.6. The van der Waals surface area contributed by atoms with Gasteiger partial charge in [-0.15, -0.1) is 0 Å². The summed E-state index contributed by atoms with van der Waals surface area (Å²) in [7, 11) is 0. The summed E-state index contributed by atoms with van der Waals surface area (Å²) in [6, 6.07) is 0. The molecule has 0 aliphatic carbocycles. The molecule has 1 aromatic rings. The highest BCUT2D eigenvalue weighted by Crippen LogP contribution is 2.09. The second kappa shape index (κ2) is 5.52. The van der Waals surface area contributed by atoms with Crippen molar-refractivity contribution in [1.82, 2.24) is 15.0 Å². The van der Waals surface area contributed by atoms with E-state index in [-0.39, 0.29) is 12.0 Å². The van der Waals surface area contributed by atoms with Crippen LogP contribution in [0.5, 0.6) is 0 Å². The molecule has 98 valence electrons. The van der Waals surface area contributed by atoms with E-state index in [0.717, 1.165) is 0 Å². The predicted molar refractivity (Wildman–Crippen MR) is 61.0 cm³/mol. The Balaban J connectivity index is 1.87. The quantitative estimate of drug-likeness (QED) is 0.771. The SMILES string of the molecule is CCOC(=O)N1CCN(C(=O)c2cnoc2)CC1. The number of rotatable bonds is 2. The number of hydrogen-bond acceptors (Lipinski definition) is 5. The van der Waals surface area contributed by atoms with Crippen LogP contribution in [0.15, 0.2) is 17.0 Å². The highest BCUT2D eigenvalue weighted by molar-refractivity contribution is 5.93. The largest absolute Gasteiger partial charge is 0.450 e. The van der Waals surface area contributed by atoms with Crippen molar-refractivity contribution >= 4 is 12.0 Å². The molecular formula is C11H15N3O4. The fourth-order valence-electron chi connectivity index (χ4n) is 1.80. The van der Waals surface area contributed by atoms with Crippen LogP contribution >= 0.6 is 0 Å². The van der Waals surface area contributed by atoms with Crippen LogP contribution in [0.2, 0.25) is 0 Å². The van der Waals surface area contributed by atoms with E-state index in [2.05, 4.69) is 9.68 Å². The summed E-state index contributed by atoms with van der Waals surface area (Å²) < 4.78 is 9.54. The Labute approximate surface area is 104 Å². The van der Waals surface area contributed by atoms with E-state index in [4.69, 9.17) is 4.74 Å². The van der Waals surface area contributed by atoms with Crippen molar-refractivity contribution in [3.63, 3.8) is 0 Å². The first kappa shape index (κ1) is 12.4. The summed E-state index contributed by atoms with van der Waals surface area (Å²) in [4.78, 5) is 26.7. The summed E-state index contributed by atoms with van der Waals surface area (Å²) in [5.74, 6) is -0.125. The summed E-state index contributed by atoms with van der Waals surface area (Å²) >= 11 is 0. The van der Waals surface area contributed by atoms with Crippen molar-refractivity contribution in [3.8, 4) is 0 Å². The van der Waals surface area contributed by atoms with E-state index in [0.29, 0.717) is 38.3 Å². The molecule has 0 saturated carbocycles. The third-order valence-corrected chi connectivity index (χ3v) is 2.77. The monoisotopic (exact) mass is 253 g/mol. The lowest BCUT2D eigenvalue weighted by Gasteiger charge is -2.33. The van der Waals surface area contributed by atoms with Crippen molar-refractivity contribution in [2.75, 3.05) is 32.8 Å². The number of carbonyl (C=O) groups is 2. The minimum Gasteiger partial charge on any atom is -0.450 e. The molecule has 18 heavy (non-hydrogen) atoms. The molecule has 2 amide bonds. The molecule has 0 radical (unpaired) electrons. The first-order chi connectivity index (χ1) is 8.72. The zero-order valence-corrected chi connectivity index (χ0v) is 10.2. The molecule has 1 saturated heterocycles. The number of amides is 2. The summed E-state index contributed by atoms with van der Waals surface area (Å²) in [5, 5.41) is 3.50. The predicted octanol–water partition coefficient (Wildman–Crippen LogP) is 0.589. The van der Waals surface area contributed by atoms with Gasteiger partial charge in [0.15, 0.2) is 0 Å². The summed E-state index contributed by atoms with van der Waals surface area (Å²) in [6.07, 6.45) is 2.38. The maximum absolute atomic E-state index is 12.0. The Morgan fingerprint density at radius 2 is 2.00 bits per heavy atom. The molecule has 2 rings (SSSR count). The molecule has 2 heterocycles. The molecule has 1 aliphatic heterocycles. The van der Waals surface area contributed by atoms with Gasteiger partial charge in [-0.25, -0.2) is 4.79 Å². The molecule has 1 aliphatic rings. The minimum absolute atomic E-state index is 0.125. The summed E-state index contributed by atoms with van der Waals surface area (Å²) in [5.41, 5.74) is 0.430. The second-order valence-electron chi connectivity index (χ2n) is 3.89. The Morgan fingerprint density at radius 1 is 1.33 bits per heavy atom. The average Bonchev–Trinajstić information content (AvgIpc) is 2.92. The molecule has 0 bridgehead atoms. The lowest BCUT2D eigenvalue weighted by Crippen LogP contribution is -2.50. The van der Waals surface area contributed by atoms with Gasteiger partial charge >= 0.3 is 6.09 Å². The van der Waals surface area contributed by atoms with Crippen LogP contribution in [-0.2, 0) is 4.74 Å². The van der Waals surface area contributed by atoms with Crippen LogP contribution in [0, 0.1) is 0 Å². The molecule has 7 heteroatoms. The molecule has 1 fully saturated rings. The van der Waals surface area contributed by atoms with Gasteiger partial charge in [0.25, 0.3) is 5.91 Å². The van der Waals surface area contributed by atoms with E-state index < -0.39 is 0 Å². The number of nitrogens with zero attached hydrogens (tertiary/aromatic N) is 3. The lowest BCUT2D eigenvalue weighted by molar-refractivity contribution is 0.0570. The number of piperazine rings is 1. The van der Waals surface area contributed by atoms with Gasteiger partial charge in [-0.1, -0.05) is 5.16 Å². The van der Waals surface area contributed by atoms with E-state index in [9.17, 15) is 9.59 Å². The molecule has 0 aromatic carbocycles. The van der Waals surface area contributed by atoms with E-state index >= 15 is 0 Å². The average molecular weight is 253 g/mol. The number of aromatic nitrogens is 1. The van der Waals surface area contributed by atoms with Gasteiger partial charge in [-0.2, -0.15) is 0 Å². The lowest BCUT2D eigenvalue weighted by atomic mass is 10.2. The van der Waals surface area contributed by atoms with E-state index in [1.54, 1.807) is 16.7 Å². The van der Waals surface area contributed by atoms with Gasteiger partial charge in [0.1, 0.15) is 6.26 Å². The molecule has 7 nitrogen and oxygen atoms in total. The smallest absolute Gasteiger partial charge is 0.409 e. The van der Waals surface area contributed by atoms with Crippen molar-refractivity contribution in [2.24, 2.45) is 0 Å². The van der Waals surface area contributed by atoms with Crippen LogP contribution < -0.4 is 0 Å². The minimum atomic E-state index is -0.324. The van der Waals surface area contributed by atoms with Crippen LogP contribution in [-0.4, -0.2) is 59.7 Å². The van der Waals surface area contributed by atoms with Crippen molar-refractivity contribution < 1.29 is 18.8 Å². The van der Waals surface area contributed by atoms with E-state index in [1.807, 2.05) is 0 Å². The Morgan fingerprint density at radius 3 is 2.56 bits per heavy atom. The van der Waals surface area contributed by atoms with Crippen molar-refractivity contribution in [3.05, 3.63) is 18.0 Å². The molecule has 1 aromatic heterocycles. The van der Waals surface area contributed by atoms with Crippen LogP contribution in [0.3, 0.4) is 0 Å². The number of ether oxygens (including phenoxy) is 1. The van der Waals surface area contributed by atoms with Crippen LogP contribution in [0.25, 0.3) is 0 Å². The molecule has 0 atom stereocenters. The zero-order chi connectivity index (χ0) is 13.0. The van der Waals surface area contributed by atoms with Gasteiger partial charge < -0.3 is 19.1 Å². The fourth-order valence-corrected chi connectivity index (χ4v) is 1.80. The van der Waals surface area contributed by atoms with Gasteiger partial charge in [0, 0.05) is 26.2 Å². The standard InChI is InChI=1S/C11H15N3O4/c1-2-17-11(16)14-5-3-13(4-6-14)10(15)9-7-12-18-8-9/h7-8H,2-6H2,1H3. The highest BCUT2D eigenvalue weighted by atomic mass is 16.6. The third-order valence-electron chi connectivity index (χ3n) is 2.77. The number of carbonyl (C=O) groups excluding carboxylic acids is 2. The topological polar surface area (TPSA) is 75.9 Å². The maximum Gasteiger partial charge on any atom is 0.409 e. The third kappa shape index (κ3) is 2.61.